The predicted molar refractivity (Wildman–Crippen MR) is 78.1 cm³/mol. The van der Waals surface area contributed by atoms with Crippen molar-refractivity contribution >= 4 is 11.0 Å². The molecular formula is C15H23N3O. The zero-order chi connectivity index (χ0) is 14.2. The average molecular weight is 261 g/mol. The summed E-state index contributed by atoms with van der Waals surface area (Å²) in [6.45, 7) is 7.04. The first-order chi connectivity index (χ1) is 8.85. The lowest BCUT2D eigenvalue weighted by Gasteiger charge is -2.33. The lowest BCUT2D eigenvalue weighted by atomic mass is 10.0. The molecule has 0 radical (unpaired) electrons. The Labute approximate surface area is 114 Å². The molecule has 0 atom stereocenters. The smallest absolute Gasteiger partial charge is 0.106 e. The maximum absolute atomic E-state index is 9.40. The van der Waals surface area contributed by atoms with Gasteiger partial charge in [0.25, 0.3) is 0 Å². The molecule has 0 spiro atoms. The van der Waals surface area contributed by atoms with Crippen LogP contribution in [0.15, 0.2) is 18.2 Å². The summed E-state index contributed by atoms with van der Waals surface area (Å²) >= 11 is 0. The zero-order valence-electron chi connectivity index (χ0n) is 12.4. The van der Waals surface area contributed by atoms with E-state index in [1.54, 1.807) is 0 Å². The van der Waals surface area contributed by atoms with Gasteiger partial charge in [0.15, 0.2) is 0 Å². The summed E-state index contributed by atoms with van der Waals surface area (Å²) in [6.07, 6.45) is 0. The van der Waals surface area contributed by atoms with E-state index in [2.05, 4.69) is 32.7 Å². The fourth-order valence-electron chi connectivity index (χ4n) is 2.07. The molecule has 1 N–H and O–H groups in total. The molecule has 0 saturated heterocycles. The fraction of sp³-hybridized carbons (Fsp3) is 0.533. The molecule has 0 aliphatic rings. The van der Waals surface area contributed by atoms with Crippen LogP contribution in [0.5, 0.6) is 0 Å². The van der Waals surface area contributed by atoms with E-state index in [1.807, 2.05) is 34.9 Å². The van der Waals surface area contributed by atoms with Crippen molar-refractivity contribution in [2.45, 2.75) is 32.9 Å². The zero-order valence-corrected chi connectivity index (χ0v) is 12.4. The Morgan fingerprint density at radius 3 is 2.68 bits per heavy atom. The minimum Gasteiger partial charge on any atom is -0.394 e. The van der Waals surface area contributed by atoms with Gasteiger partial charge in [-0.15, -0.1) is 0 Å². The number of aromatic nitrogens is 2. The van der Waals surface area contributed by atoms with Gasteiger partial charge in [-0.05, 0) is 45.5 Å². The normalized spacial score (nSPS) is 12.6. The van der Waals surface area contributed by atoms with Crippen LogP contribution < -0.4 is 0 Å². The number of fused-ring (bicyclic) bond motifs is 1. The van der Waals surface area contributed by atoms with E-state index < -0.39 is 0 Å². The highest BCUT2D eigenvalue weighted by Gasteiger charge is 2.22. The Bertz CT molecular complexity index is 586. The Hall–Kier alpha value is -1.39. The van der Waals surface area contributed by atoms with Crippen LogP contribution in [0, 0.1) is 6.92 Å². The van der Waals surface area contributed by atoms with Gasteiger partial charge in [-0.3, -0.25) is 4.90 Å². The van der Waals surface area contributed by atoms with Crippen LogP contribution >= 0.6 is 0 Å². The van der Waals surface area contributed by atoms with Crippen LogP contribution in [-0.2, 0) is 13.6 Å². The first kappa shape index (κ1) is 14.0. The van der Waals surface area contributed by atoms with Gasteiger partial charge < -0.3 is 9.67 Å². The summed E-state index contributed by atoms with van der Waals surface area (Å²) in [4.78, 5) is 6.71. The highest BCUT2D eigenvalue weighted by atomic mass is 16.3. The summed E-state index contributed by atoms with van der Waals surface area (Å²) in [5, 5.41) is 9.40. The molecule has 2 aromatic rings. The molecule has 0 aliphatic heterocycles. The number of aliphatic hydroxyl groups excluding tert-OH is 1. The van der Waals surface area contributed by atoms with Crippen molar-refractivity contribution in [3.8, 4) is 0 Å². The SMILES string of the molecule is Cc1nc2cc(CN(C)C(C)(C)CO)ccc2n1C. The molecular weight excluding hydrogens is 238 g/mol. The Kier molecular flexibility index (Phi) is 3.65. The second kappa shape index (κ2) is 4.94. The maximum atomic E-state index is 9.40. The monoisotopic (exact) mass is 261 g/mol. The van der Waals surface area contributed by atoms with Crippen LogP contribution in [0.4, 0.5) is 0 Å². The third kappa shape index (κ3) is 2.65. The molecule has 1 heterocycles. The molecule has 0 unspecified atom stereocenters. The predicted octanol–water partition coefficient (Wildman–Crippen LogP) is 2.08. The van der Waals surface area contributed by atoms with Gasteiger partial charge in [-0.2, -0.15) is 0 Å². The molecule has 1 aromatic heterocycles. The largest absolute Gasteiger partial charge is 0.394 e. The summed E-state index contributed by atoms with van der Waals surface area (Å²) in [6, 6.07) is 6.38. The van der Waals surface area contributed by atoms with E-state index >= 15 is 0 Å². The van der Waals surface area contributed by atoms with Gasteiger partial charge in [0.1, 0.15) is 5.82 Å². The van der Waals surface area contributed by atoms with Gasteiger partial charge in [0, 0.05) is 19.1 Å². The molecule has 0 amide bonds. The topological polar surface area (TPSA) is 41.3 Å². The second-order valence-electron chi connectivity index (χ2n) is 5.87. The lowest BCUT2D eigenvalue weighted by Crippen LogP contribution is -2.43. The maximum Gasteiger partial charge on any atom is 0.106 e. The quantitative estimate of drug-likeness (QED) is 0.916. The van der Waals surface area contributed by atoms with Crippen LogP contribution in [0.2, 0.25) is 0 Å². The van der Waals surface area contributed by atoms with Crippen molar-refractivity contribution in [1.82, 2.24) is 14.5 Å². The van der Waals surface area contributed by atoms with Crippen LogP contribution in [0.1, 0.15) is 25.2 Å². The average Bonchev–Trinajstić information content (AvgIpc) is 2.64. The van der Waals surface area contributed by atoms with Crippen molar-refractivity contribution in [2.24, 2.45) is 7.05 Å². The fourth-order valence-corrected chi connectivity index (χ4v) is 2.07. The molecule has 4 heteroatoms. The minimum atomic E-state index is -0.213. The van der Waals surface area contributed by atoms with E-state index in [1.165, 1.54) is 5.56 Å². The van der Waals surface area contributed by atoms with Crippen molar-refractivity contribution in [2.75, 3.05) is 13.7 Å². The number of imidazole rings is 1. The number of nitrogens with zero attached hydrogens (tertiary/aromatic N) is 3. The van der Waals surface area contributed by atoms with E-state index in [0.29, 0.717) is 0 Å². The van der Waals surface area contributed by atoms with Gasteiger partial charge in [-0.1, -0.05) is 6.07 Å². The second-order valence-corrected chi connectivity index (χ2v) is 5.87. The molecule has 0 bridgehead atoms. The first-order valence-electron chi connectivity index (χ1n) is 6.59. The van der Waals surface area contributed by atoms with Gasteiger partial charge >= 0.3 is 0 Å². The molecule has 2 rings (SSSR count). The number of rotatable bonds is 4. The summed E-state index contributed by atoms with van der Waals surface area (Å²) in [7, 11) is 4.06. The number of aliphatic hydroxyl groups is 1. The molecule has 0 fully saturated rings. The summed E-state index contributed by atoms with van der Waals surface area (Å²) in [5.41, 5.74) is 3.20. The Balaban J connectivity index is 2.27. The molecule has 0 saturated carbocycles. The van der Waals surface area contributed by atoms with E-state index in [-0.39, 0.29) is 12.1 Å². The van der Waals surface area contributed by atoms with Crippen LogP contribution in [-0.4, -0.2) is 38.8 Å². The molecule has 1 aromatic carbocycles. The minimum absolute atomic E-state index is 0.147. The van der Waals surface area contributed by atoms with Crippen molar-refractivity contribution < 1.29 is 5.11 Å². The van der Waals surface area contributed by atoms with Gasteiger partial charge in [0.05, 0.1) is 17.6 Å². The van der Waals surface area contributed by atoms with Gasteiger partial charge in [-0.25, -0.2) is 4.98 Å². The summed E-state index contributed by atoms with van der Waals surface area (Å²) in [5.74, 6) is 1.02. The van der Waals surface area contributed by atoms with Crippen LogP contribution in [0.25, 0.3) is 11.0 Å². The number of likely N-dealkylation sites (N-methyl/N-ethyl adjacent to an activating group) is 1. The number of benzene rings is 1. The highest BCUT2D eigenvalue weighted by Crippen LogP contribution is 2.20. The molecule has 19 heavy (non-hydrogen) atoms. The lowest BCUT2D eigenvalue weighted by molar-refractivity contribution is 0.0734. The van der Waals surface area contributed by atoms with E-state index in [4.69, 9.17) is 0 Å². The first-order valence-corrected chi connectivity index (χ1v) is 6.59. The van der Waals surface area contributed by atoms with E-state index in [9.17, 15) is 5.11 Å². The van der Waals surface area contributed by atoms with Crippen molar-refractivity contribution in [3.05, 3.63) is 29.6 Å². The van der Waals surface area contributed by atoms with E-state index in [0.717, 1.165) is 23.4 Å². The summed E-state index contributed by atoms with van der Waals surface area (Å²) < 4.78 is 2.10. The standard InChI is InChI=1S/C15H23N3O/c1-11-16-13-8-12(6-7-14(13)18(11)5)9-17(4)15(2,3)10-19/h6-8,19H,9-10H2,1-5H3. The van der Waals surface area contributed by atoms with Crippen LogP contribution in [0.3, 0.4) is 0 Å². The third-order valence-corrected chi connectivity index (χ3v) is 4.01. The molecule has 104 valence electrons. The molecule has 4 nitrogen and oxygen atoms in total. The van der Waals surface area contributed by atoms with Crippen molar-refractivity contribution in [1.29, 1.82) is 0 Å². The molecule has 0 aliphatic carbocycles. The highest BCUT2D eigenvalue weighted by molar-refractivity contribution is 5.76. The number of hydrogen-bond acceptors (Lipinski definition) is 3. The third-order valence-electron chi connectivity index (χ3n) is 4.01. The van der Waals surface area contributed by atoms with Crippen molar-refractivity contribution in [3.63, 3.8) is 0 Å². The Morgan fingerprint density at radius 2 is 2.05 bits per heavy atom. The Morgan fingerprint density at radius 1 is 1.37 bits per heavy atom. The number of aryl methyl sites for hydroxylation is 2. The number of hydrogen-bond donors (Lipinski definition) is 1. The van der Waals surface area contributed by atoms with Gasteiger partial charge in [0.2, 0.25) is 0 Å².